The molecule has 1 fully saturated rings. The van der Waals surface area contributed by atoms with Gasteiger partial charge in [0, 0.05) is 35.4 Å². The second kappa shape index (κ2) is 8.20. The van der Waals surface area contributed by atoms with E-state index >= 15 is 0 Å². The summed E-state index contributed by atoms with van der Waals surface area (Å²) in [6, 6.07) is 14.2. The van der Waals surface area contributed by atoms with Gasteiger partial charge in [-0.1, -0.05) is 12.1 Å². The molecule has 0 bridgehead atoms. The quantitative estimate of drug-likeness (QED) is 0.455. The number of aromatic nitrogens is 4. The Balaban J connectivity index is 1.62. The normalized spacial score (nSPS) is 18.4. The van der Waals surface area contributed by atoms with Crippen LogP contribution >= 0.6 is 23.6 Å². The number of nitrogens with one attached hydrogen (secondary N) is 1. The van der Waals surface area contributed by atoms with E-state index in [4.69, 9.17) is 12.2 Å². The maximum atomic E-state index is 5.80. The fourth-order valence-corrected chi connectivity index (χ4v) is 5.34. The Labute approximate surface area is 190 Å². The van der Waals surface area contributed by atoms with Gasteiger partial charge in [-0.2, -0.15) is 0 Å². The highest BCUT2D eigenvalue weighted by atomic mass is 32.1. The van der Waals surface area contributed by atoms with Gasteiger partial charge < -0.3 is 10.2 Å². The fraction of sp³-hybridized carbons (Fsp3) is 0.217. The van der Waals surface area contributed by atoms with E-state index < -0.39 is 0 Å². The largest absolute Gasteiger partial charge is 0.352 e. The second-order valence-electron chi connectivity index (χ2n) is 7.55. The molecule has 0 spiro atoms. The van der Waals surface area contributed by atoms with Crippen molar-refractivity contribution in [3.8, 4) is 5.13 Å². The zero-order chi connectivity index (χ0) is 21.4. The third-order valence-electron chi connectivity index (χ3n) is 5.66. The van der Waals surface area contributed by atoms with Gasteiger partial charge in [-0.3, -0.25) is 14.5 Å². The molecule has 1 N–H and O–H groups in total. The summed E-state index contributed by atoms with van der Waals surface area (Å²) in [6.07, 6.45) is 5.49. The Kier molecular flexibility index (Phi) is 5.25. The van der Waals surface area contributed by atoms with E-state index in [1.165, 1.54) is 5.56 Å². The van der Waals surface area contributed by atoms with Crippen molar-refractivity contribution in [2.45, 2.75) is 32.5 Å². The maximum absolute atomic E-state index is 5.80. The van der Waals surface area contributed by atoms with Crippen LogP contribution in [-0.2, 0) is 6.54 Å². The number of rotatable bonds is 5. The van der Waals surface area contributed by atoms with Gasteiger partial charge in [0.15, 0.2) is 10.2 Å². The van der Waals surface area contributed by atoms with Crippen molar-refractivity contribution in [3.63, 3.8) is 0 Å². The van der Waals surface area contributed by atoms with Gasteiger partial charge in [0.1, 0.15) is 0 Å². The lowest BCUT2D eigenvalue weighted by atomic mass is 9.96. The van der Waals surface area contributed by atoms with E-state index in [0.29, 0.717) is 11.7 Å². The van der Waals surface area contributed by atoms with Crippen molar-refractivity contribution in [2.75, 3.05) is 0 Å². The molecule has 0 aromatic carbocycles. The average Bonchev–Trinajstić information content (AvgIpc) is 3.49. The first-order valence-electron chi connectivity index (χ1n) is 10.1. The molecule has 6 nitrogen and oxygen atoms in total. The van der Waals surface area contributed by atoms with Gasteiger partial charge in [0.2, 0.25) is 0 Å². The summed E-state index contributed by atoms with van der Waals surface area (Å²) in [7, 11) is 0. The predicted molar refractivity (Wildman–Crippen MR) is 126 cm³/mol. The van der Waals surface area contributed by atoms with Crippen LogP contribution in [0.4, 0.5) is 0 Å². The van der Waals surface area contributed by atoms with Gasteiger partial charge in [-0.25, -0.2) is 4.98 Å². The summed E-state index contributed by atoms with van der Waals surface area (Å²) in [4.78, 5) is 15.9. The van der Waals surface area contributed by atoms with Gasteiger partial charge in [-0.05, 0) is 62.0 Å². The number of hydrogen-bond donors (Lipinski definition) is 1. The molecule has 8 heteroatoms. The van der Waals surface area contributed by atoms with Crippen LogP contribution in [0, 0.1) is 13.8 Å². The van der Waals surface area contributed by atoms with Crippen LogP contribution in [0.5, 0.6) is 0 Å². The summed E-state index contributed by atoms with van der Waals surface area (Å²) in [5.74, 6) is 0. The minimum atomic E-state index is -0.0531. The van der Waals surface area contributed by atoms with Crippen molar-refractivity contribution in [3.05, 3.63) is 94.8 Å². The highest BCUT2D eigenvalue weighted by molar-refractivity contribution is 7.80. The molecule has 1 aliphatic heterocycles. The SMILES string of the molecule is Cc1cc([C@@H]2[C@H](c3ccccn3)NC(=S)N2Cc2ccccn2)c(C)n1-c1nccs1. The fourth-order valence-electron chi connectivity index (χ4n) is 4.29. The van der Waals surface area contributed by atoms with Crippen molar-refractivity contribution in [1.82, 2.24) is 29.7 Å². The molecule has 2 atom stereocenters. The van der Waals surface area contributed by atoms with Crippen LogP contribution in [0.15, 0.2) is 66.4 Å². The first-order chi connectivity index (χ1) is 15.1. The molecule has 0 unspecified atom stereocenters. The zero-order valence-corrected chi connectivity index (χ0v) is 18.9. The summed E-state index contributed by atoms with van der Waals surface area (Å²) < 4.78 is 2.22. The number of pyridine rings is 2. The van der Waals surface area contributed by atoms with E-state index in [1.807, 2.05) is 54.3 Å². The Morgan fingerprint density at radius 2 is 1.84 bits per heavy atom. The maximum Gasteiger partial charge on any atom is 0.193 e. The molecule has 4 aromatic heterocycles. The Morgan fingerprint density at radius 3 is 2.52 bits per heavy atom. The lowest BCUT2D eigenvalue weighted by molar-refractivity contribution is 0.307. The number of thiazole rings is 1. The van der Waals surface area contributed by atoms with E-state index in [0.717, 1.165) is 27.9 Å². The Bertz CT molecular complexity index is 1190. The molecule has 0 radical (unpaired) electrons. The molecule has 5 heterocycles. The molecule has 1 saturated heterocycles. The molecule has 1 aliphatic rings. The second-order valence-corrected chi connectivity index (χ2v) is 8.81. The van der Waals surface area contributed by atoms with Crippen molar-refractivity contribution in [1.29, 1.82) is 0 Å². The Hall–Kier alpha value is -3.10. The van der Waals surface area contributed by atoms with E-state index in [1.54, 1.807) is 11.3 Å². The number of hydrogen-bond acceptors (Lipinski definition) is 5. The molecule has 0 amide bonds. The molecule has 31 heavy (non-hydrogen) atoms. The summed E-state index contributed by atoms with van der Waals surface area (Å²) in [5, 5.41) is 7.21. The summed E-state index contributed by atoms with van der Waals surface area (Å²) in [6.45, 7) is 4.90. The van der Waals surface area contributed by atoms with Crippen LogP contribution in [0.25, 0.3) is 5.13 Å². The monoisotopic (exact) mass is 446 g/mol. The lowest BCUT2D eigenvalue weighted by Gasteiger charge is -2.27. The number of nitrogens with zero attached hydrogens (tertiary/aromatic N) is 5. The third kappa shape index (κ3) is 3.62. The smallest absolute Gasteiger partial charge is 0.193 e. The minimum Gasteiger partial charge on any atom is -0.352 e. The van der Waals surface area contributed by atoms with Crippen LogP contribution in [0.3, 0.4) is 0 Å². The van der Waals surface area contributed by atoms with Gasteiger partial charge >= 0.3 is 0 Å². The molecular weight excluding hydrogens is 424 g/mol. The molecule has 0 aliphatic carbocycles. The zero-order valence-electron chi connectivity index (χ0n) is 17.3. The predicted octanol–water partition coefficient (Wildman–Crippen LogP) is 4.51. The van der Waals surface area contributed by atoms with Crippen LogP contribution in [0.2, 0.25) is 0 Å². The first-order valence-corrected chi connectivity index (χ1v) is 11.4. The van der Waals surface area contributed by atoms with Crippen LogP contribution in [-0.4, -0.2) is 29.5 Å². The molecular formula is C23H22N6S2. The molecule has 5 rings (SSSR count). The van der Waals surface area contributed by atoms with Crippen molar-refractivity contribution in [2.24, 2.45) is 0 Å². The highest BCUT2D eigenvalue weighted by Crippen LogP contribution is 2.42. The first kappa shape index (κ1) is 19.8. The minimum absolute atomic E-state index is 0.00989. The molecule has 0 saturated carbocycles. The van der Waals surface area contributed by atoms with E-state index in [-0.39, 0.29) is 12.1 Å². The molecule has 4 aromatic rings. The third-order valence-corrected chi connectivity index (χ3v) is 6.76. The standard InChI is InChI=1S/C23H22N6S2/c1-15-13-18(16(2)29(15)23-26-11-12-31-23)21-20(19-8-4-6-10-25-19)27-22(30)28(21)14-17-7-3-5-9-24-17/h3-13,20-21H,14H2,1-2H3,(H,27,30)/t20-,21+/m0/s1. The van der Waals surface area contributed by atoms with Crippen LogP contribution in [0.1, 0.15) is 40.4 Å². The van der Waals surface area contributed by atoms with E-state index in [9.17, 15) is 0 Å². The van der Waals surface area contributed by atoms with Crippen molar-refractivity contribution < 1.29 is 0 Å². The van der Waals surface area contributed by atoms with Gasteiger partial charge in [0.25, 0.3) is 0 Å². The number of thiocarbonyl (C=S) groups is 1. The lowest BCUT2D eigenvalue weighted by Crippen LogP contribution is -2.29. The topological polar surface area (TPSA) is 58.9 Å². The van der Waals surface area contributed by atoms with Crippen LogP contribution < -0.4 is 5.32 Å². The van der Waals surface area contributed by atoms with Gasteiger partial charge in [0.05, 0.1) is 30.0 Å². The summed E-state index contributed by atoms with van der Waals surface area (Å²) >= 11 is 7.43. The number of aryl methyl sites for hydroxylation is 1. The van der Waals surface area contributed by atoms with Gasteiger partial charge in [-0.15, -0.1) is 11.3 Å². The molecule has 156 valence electrons. The highest BCUT2D eigenvalue weighted by Gasteiger charge is 2.41. The van der Waals surface area contributed by atoms with E-state index in [2.05, 4.69) is 55.7 Å². The average molecular weight is 447 g/mol. The summed E-state index contributed by atoms with van der Waals surface area (Å²) in [5.41, 5.74) is 5.48. The van der Waals surface area contributed by atoms with Crippen molar-refractivity contribution >= 4 is 28.7 Å². The Morgan fingerprint density at radius 1 is 1.03 bits per heavy atom.